The summed E-state index contributed by atoms with van der Waals surface area (Å²) in [6, 6.07) is 13.8. The number of hydrogen-bond donors (Lipinski definition) is 6. The van der Waals surface area contributed by atoms with E-state index in [1.807, 2.05) is 18.4 Å². The molecule has 3 heterocycles. The number of aryl methyl sites for hydroxylation is 1. The van der Waals surface area contributed by atoms with Crippen LogP contribution in [0, 0.1) is 6.92 Å². The Bertz CT molecular complexity index is 4060. The van der Waals surface area contributed by atoms with Crippen molar-refractivity contribution in [2.45, 2.75) is 79.4 Å². The van der Waals surface area contributed by atoms with E-state index in [2.05, 4.69) is 20.3 Å². The van der Waals surface area contributed by atoms with E-state index >= 15 is 0 Å². The first kappa shape index (κ1) is 58.3. The molecule has 1 amide bonds. The highest BCUT2D eigenvalue weighted by molar-refractivity contribution is 7.87. The third-order valence-corrected chi connectivity index (χ3v) is 17.6. The lowest BCUT2D eigenvalue weighted by atomic mass is 9.78. The zero-order valence-corrected chi connectivity index (χ0v) is 46.1. The number of carbonyl (C=O) groups excluding carboxylic acids is 1. The minimum atomic E-state index is -5.11. The summed E-state index contributed by atoms with van der Waals surface area (Å²) in [7, 11) is -23.8. The third-order valence-electron chi connectivity index (χ3n) is 13.4. The van der Waals surface area contributed by atoms with E-state index in [1.165, 1.54) is 36.5 Å². The predicted molar refractivity (Wildman–Crippen MR) is 288 cm³/mol. The number of anilines is 1. The van der Waals surface area contributed by atoms with E-state index in [1.54, 1.807) is 68.2 Å². The van der Waals surface area contributed by atoms with Crippen molar-refractivity contribution in [1.82, 2.24) is 10.3 Å². The Morgan fingerprint density at radius 1 is 0.753 bits per heavy atom. The van der Waals surface area contributed by atoms with Gasteiger partial charge in [-0.3, -0.25) is 32.5 Å². The predicted octanol–water partition coefficient (Wildman–Crippen LogP) is 7.12. The summed E-state index contributed by atoms with van der Waals surface area (Å²) in [5.41, 5.74) is 10.5. The molecule has 0 aliphatic carbocycles. The number of nitrogens with one attached hydrogen (secondary N) is 1. The number of aromatic nitrogens is 1. The quantitative estimate of drug-likeness (QED) is 0.00858. The van der Waals surface area contributed by atoms with Gasteiger partial charge in [-0.1, -0.05) is 31.1 Å². The van der Waals surface area contributed by atoms with Crippen LogP contribution in [0.1, 0.15) is 79.7 Å². The second-order valence-electron chi connectivity index (χ2n) is 19.4. The van der Waals surface area contributed by atoms with Crippen LogP contribution in [0.15, 0.2) is 117 Å². The van der Waals surface area contributed by atoms with Gasteiger partial charge in [0.05, 0.1) is 38.0 Å². The lowest BCUT2D eigenvalue weighted by Crippen LogP contribution is -2.28. The van der Waals surface area contributed by atoms with Gasteiger partial charge in [0.1, 0.15) is 11.4 Å². The van der Waals surface area contributed by atoms with E-state index in [4.69, 9.17) is 5.53 Å². The topological polar surface area (TPSA) is 369 Å². The molecule has 6 N–H and O–H groups in total. The van der Waals surface area contributed by atoms with Crippen LogP contribution in [0.4, 0.5) is 11.4 Å². The zero-order valence-electron chi connectivity index (χ0n) is 42.0. The minimum Gasteiger partial charge on any atom is -0.352 e. The Balaban J connectivity index is 1.46. The van der Waals surface area contributed by atoms with Crippen LogP contribution in [-0.4, -0.2) is 124 Å². The summed E-state index contributed by atoms with van der Waals surface area (Å²) in [5.74, 6) is -1.76. The molecule has 0 bridgehead atoms. The molecule has 0 saturated carbocycles. The van der Waals surface area contributed by atoms with Crippen molar-refractivity contribution in [3.8, 4) is 0 Å². The molecular formula is C49H54N7O16S5+. The normalized spacial score (nSPS) is 16.4. The molecule has 0 saturated heterocycles. The van der Waals surface area contributed by atoms with E-state index in [0.717, 1.165) is 6.07 Å². The lowest BCUT2D eigenvalue weighted by molar-refractivity contribution is -0.437. The number of benzene rings is 4. The molecule has 77 heavy (non-hydrogen) atoms. The van der Waals surface area contributed by atoms with Gasteiger partial charge in [-0.15, -0.1) is 0 Å². The number of hydrogen-bond acceptors (Lipinski definition) is 14. The van der Waals surface area contributed by atoms with Crippen LogP contribution >= 0.6 is 0 Å². The highest BCUT2D eigenvalue weighted by Gasteiger charge is 2.46. The average Bonchev–Trinajstić information content (AvgIpc) is 3.69. The van der Waals surface area contributed by atoms with Crippen molar-refractivity contribution in [1.29, 1.82) is 0 Å². The second-order valence-corrected chi connectivity index (χ2v) is 26.8. The molecule has 0 unspecified atom stereocenters. The van der Waals surface area contributed by atoms with E-state index in [-0.39, 0.29) is 65.9 Å². The summed E-state index contributed by atoms with van der Waals surface area (Å²) < 4.78 is 176. The Morgan fingerprint density at radius 2 is 1.38 bits per heavy atom. The molecule has 2 aliphatic heterocycles. The second kappa shape index (κ2) is 21.4. The van der Waals surface area contributed by atoms with E-state index < -0.39 is 88.6 Å². The number of amides is 1. The van der Waals surface area contributed by atoms with Crippen molar-refractivity contribution in [2.75, 3.05) is 42.6 Å². The van der Waals surface area contributed by atoms with Gasteiger partial charge in [0.25, 0.3) is 56.5 Å². The standard InChI is InChI=1S/C49H53N7O16S5/c1-30-25-33(75(64,65)66)26-37-35(30)12-15-40-45(37)48(2,3)43(55(40)21-7-23-73(58,59)60)17-10-31(39-14-9-32(29-52-39)47(57)51-19-6-20-53-54-50)11-18-44-49(4,5)46-38-27-34(76(67,68)69)28-42(77(70,71)72)36(38)13-16-41(46)56(44)22-8-24-74(61,62)63/h9-18,25-29H,6-8,19-24H2,1-5H3,(H5-,51,57,58,59,60,61,62,63,64,65,66,67,68,69,70,71,72)/p+1. The summed E-state index contributed by atoms with van der Waals surface area (Å²) in [6.07, 6.45) is 8.16. The molecule has 7 rings (SSSR count). The van der Waals surface area contributed by atoms with Crippen LogP contribution in [0.25, 0.3) is 37.6 Å². The van der Waals surface area contributed by atoms with Crippen molar-refractivity contribution >= 4 is 101 Å². The van der Waals surface area contributed by atoms with Gasteiger partial charge in [-0.05, 0) is 127 Å². The van der Waals surface area contributed by atoms with Gasteiger partial charge in [0, 0.05) is 82.6 Å². The Kier molecular flexibility index (Phi) is 16.2. The maximum Gasteiger partial charge on any atom is 0.295 e. The first-order chi connectivity index (χ1) is 35.6. The van der Waals surface area contributed by atoms with Crippen molar-refractivity contribution in [3.05, 3.63) is 135 Å². The Labute approximate surface area is 445 Å². The maximum atomic E-state index is 13.2. The first-order valence-electron chi connectivity index (χ1n) is 23.5. The zero-order chi connectivity index (χ0) is 56.8. The highest BCUT2D eigenvalue weighted by atomic mass is 32.2. The van der Waals surface area contributed by atoms with Crippen LogP contribution in [0.2, 0.25) is 0 Å². The maximum absolute atomic E-state index is 13.2. The van der Waals surface area contributed by atoms with Gasteiger partial charge in [-0.25, -0.2) is 0 Å². The number of rotatable bonds is 20. The molecule has 1 aromatic heterocycles. The van der Waals surface area contributed by atoms with Gasteiger partial charge in [0.15, 0.2) is 5.71 Å². The largest absolute Gasteiger partial charge is 0.352 e. The summed E-state index contributed by atoms with van der Waals surface area (Å²) in [4.78, 5) is 20.2. The first-order valence-corrected chi connectivity index (χ1v) is 31.0. The van der Waals surface area contributed by atoms with Gasteiger partial charge in [0.2, 0.25) is 5.69 Å². The number of carbonyl (C=O) groups is 1. The van der Waals surface area contributed by atoms with Crippen LogP contribution in [-0.2, 0) is 61.4 Å². The monoisotopic (exact) mass is 1160 g/mol. The number of pyridine rings is 1. The molecular weight excluding hydrogens is 1100 g/mol. The average molecular weight is 1160 g/mol. The van der Waals surface area contributed by atoms with E-state index in [9.17, 15) is 69.6 Å². The van der Waals surface area contributed by atoms with Crippen LogP contribution in [0.3, 0.4) is 0 Å². The van der Waals surface area contributed by atoms with Gasteiger partial charge in [-0.2, -0.15) is 46.7 Å². The molecule has 2 aliphatic rings. The van der Waals surface area contributed by atoms with E-state index in [0.29, 0.717) is 68.3 Å². The third kappa shape index (κ3) is 12.6. The van der Waals surface area contributed by atoms with Gasteiger partial charge < -0.3 is 10.2 Å². The molecule has 0 radical (unpaired) electrons. The molecule has 5 aromatic rings. The van der Waals surface area contributed by atoms with Crippen molar-refractivity contribution < 1.29 is 74.2 Å². The molecule has 410 valence electrons. The lowest BCUT2D eigenvalue weighted by Gasteiger charge is -2.27. The fourth-order valence-corrected chi connectivity index (χ4v) is 13.0. The molecule has 28 heteroatoms. The SMILES string of the molecule is Cc1cc(S(=O)(=O)O)cc2c3c(ccc12)[N+](CCCS(=O)(=O)O)=C(/C=C/C(=C/C=C1/N(CCCS(=O)(=O)O)c2ccc4c(S(=O)(=O)O)cc(S(=O)(=O)O)cc4c2C1(C)C)c1ccc(C(=O)NCCCN=[N+]=[N-])cn1)C3(C)C. The number of nitrogens with zero attached hydrogens (tertiary/aromatic N) is 6. The smallest absolute Gasteiger partial charge is 0.295 e. The number of azide groups is 1. The molecule has 23 nitrogen and oxygen atoms in total. The van der Waals surface area contributed by atoms with Crippen LogP contribution in [0.5, 0.6) is 0 Å². The van der Waals surface area contributed by atoms with Gasteiger partial charge >= 0.3 is 0 Å². The Morgan fingerprint density at radius 3 is 1.97 bits per heavy atom. The fourth-order valence-electron chi connectivity index (χ4n) is 10.1. The summed E-state index contributed by atoms with van der Waals surface area (Å²) in [5, 5.41) is 7.23. The number of allylic oxidation sites excluding steroid dienone is 6. The Hall–Kier alpha value is -6.43. The summed E-state index contributed by atoms with van der Waals surface area (Å²) >= 11 is 0. The molecule has 0 atom stereocenters. The minimum absolute atomic E-state index is 0.00389. The highest BCUT2D eigenvalue weighted by Crippen LogP contribution is 2.52. The van der Waals surface area contributed by atoms with Crippen molar-refractivity contribution in [2.24, 2.45) is 5.11 Å². The van der Waals surface area contributed by atoms with Crippen LogP contribution < -0.4 is 10.2 Å². The summed E-state index contributed by atoms with van der Waals surface area (Å²) in [6.45, 7) is 9.13. The molecule has 4 aromatic carbocycles. The molecule has 0 fully saturated rings. The number of fused-ring (bicyclic) bond motifs is 6. The van der Waals surface area contributed by atoms with Crippen molar-refractivity contribution in [3.63, 3.8) is 0 Å². The fraction of sp³-hybridized carbons (Fsp3) is 0.327. The molecule has 0 spiro atoms.